The SMILES string of the molecule is c1cnc(N2CCC[C@@H](c3ccnc4nccn34)C2)nc1. The van der Waals surface area contributed by atoms with Crippen LogP contribution < -0.4 is 4.90 Å². The van der Waals surface area contributed by atoms with E-state index in [4.69, 9.17) is 0 Å². The van der Waals surface area contributed by atoms with Crippen LogP contribution in [0.4, 0.5) is 5.95 Å². The summed E-state index contributed by atoms with van der Waals surface area (Å²) in [5.41, 5.74) is 1.26. The Hall–Kier alpha value is -2.50. The Kier molecular flexibility index (Phi) is 2.99. The number of anilines is 1. The first-order valence-corrected chi connectivity index (χ1v) is 7.22. The summed E-state index contributed by atoms with van der Waals surface area (Å²) in [7, 11) is 0. The second kappa shape index (κ2) is 5.12. The van der Waals surface area contributed by atoms with E-state index in [0.29, 0.717) is 5.92 Å². The molecule has 1 aliphatic rings. The van der Waals surface area contributed by atoms with Gasteiger partial charge in [0, 0.05) is 55.7 Å². The van der Waals surface area contributed by atoms with Crippen LogP contribution in [-0.4, -0.2) is 37.4 Å². The molecule has 0 radical (unpaired) electrons. The van der Waals surface area contributed by atoms with Crippen molar-refractivity contribution in [2.75, 3.05) is 18.0 Å². The van der Waals surface area contributed by atoms with Gasteiger partial charge >= 0.3 is 0 Å². The van der Waals surface area contributed by atoms with Gasteiger partial charge in [0.05, 0.1) is 0 Å². The van der Waals surface area contributed by atoms with Crippen molar-refractivity contribution in [3.8, 4) is 0 Å². The summed E-state index contributed by atoms with van der Waals surface area (Å²) in [6.45, 7) is 1.94. The minimum absolute atomic E-state index is 0.447. The zero-order chi connectivity index (χ0) is 14.1. The van der Waals surface area contributed by atoms with Crippen LogP contribution in [0.25, 0.3) is 5.78 Å². The maximum absolute atomic E-state index is 4.37. The fourth-order valence-corrected chi connectivity index (χ4v) is 3.04. The Balaban J connectivity index is 1.65. The first-order valence-electron chi connectivity index (χ1n) is 7.22. The van der Waals surface area contributed by atoms with E-state index in [9.17, 15) is 0 Å². The molecule has 0 aromatic carbocycles. The number of aromatic nitrogens is 5. The Morgan fingerprint density at radius 2 is 1.86 bits per heavy atom. The molecule has 1 aliphatic heterocycles. The molecule has 6 heteroatoms. The second-order valence-corrected chi connectivity index (χ2v) is 5.30. The number of fused-ring (bicyclic) bond motifs is 1. The predicted octanol–water partition coefficient (Wildman–Crippen LogP) is 1.90. The molecule has 0 spiro atoms. The van der Waals surface area contributed by atoms with Crippen LogP contribution >= 0.6 is 0 Å². The van der Waals surface area contributed by atoms with Gasteiger partial charge in [0.1, 0.15) is 0 Å². The third-order valence-electron chi connectivity index (χ3n) is 4.01. The number of piperidine rings is 1. The number of rotatable bonds is 2. The second-order valence-electron chi connectivity index (χ2n) is 5.30. The molecule has 0 N–H and O–H groups in total. The van der Waals surface area contributed by atoms with E-state index in [0.717, 1.165) is 31.2 Å². The van der Waals surface area contributed by atoms with Crippen LogP contribution in [0.2, 0.25) is 0 Å². The van der Waals surface area contributed by atoms with E-state index in [1.54, 1.807) is 18.6 Å². The molecule has 0 bridgehead atoms. The van der Waals surface area contributed by atoms with Crippen LogP contribution in [0.5, 0.6) is 0 Å². The van der Waals surface area contributed by atoms with E-state index in [1.165, 1.54) is 12.1 Å². The van der Waals surface area contributed by atoms with Gasteiger partial charge in [-0.25, -0.2) is 19.9 Å². The van der Waals surface area contributed by atoms with E-state index in [-0.39, 0.29) is 0 Å². The standard InChI is InChI=1S/C15H16N6/c1-3-12(11-20(9-1)14-16-5-2-6-17-14)13-4-7-18-15-19-8-10-21(13)15/h2,4-8,10,12H,1,3,9,11H2/t12-/m1/s1. The van der Waals surface area contributed by atoms with Crippen LogP contribution in [0.15, 0.2) is 43.1 Å². The summed E-state index contributed by atoms with van der Waals surface area (Å²) in [6, 6.07) is 3.94. The topological polar surface area (TPSA) is 59.2 Å². The monoisotopic (exact) mass is 280 g/mol. The molecule has 3 aromatic heterocycles. The van der Waals surface area contributed by atoms with Crippen LogP contribution in [-0.2, 0) is 0 Å². The Morgan fingerprint density at radius 3 is 2.76 bits per heavy atom. The maximum Gasteiger partial charge on any atom is 0.233 e. The predicted molar refractivity (Wildman–Crippen MR) is 79.2 cm³/mol. The average molecular weight is 280 g/mol. The van der Waals surface area contributed by atoms with Crippen molar-refractivity contribution in [2.24, 2.45) is 0 Å². The molecular formula is C15H16N6. The van der Waals surface area contributed by atoms with Crippen LogP contribution in [0, 0.1) is 0 Å². The van der Waals surface area contributed by atoms with Gasteiger partial charge in [-0.05, 0) is 25.0 Å². The summed E-state index contributed by atoms with van der Waals surface area (Å²) in [4.78, 5) is 19.5. The van der Waals surface area contributed by atoms with Crippen LogP contribution in [0.1, 0.15) is 24.5 Å². The number of imidazole rings is 1. The highest BCUT2D eigenvalue weighted by molar-refractivity contribution is 5.35. The van der Waals surface area contributed by atoms with Crippen molar-refractivity contribution in [3.05, 3.63) is 48.8 Å². The minimum atomic E-state index is 0.447. The van der Waals surface area contributed by atoms with E-state index < -0.39 is 0 Å². The molecule has 106 valence electrons. The zero-order valence-corrected chi connectivity index (χ0v) is 11.6. The Labute approximate surface area is 122 Å². The third-order valence-corrected chi connectivity index (χ3v) is 4.01. The highest BCUT2D eigenvalue weighted by Gasteiger charge is 2.24. The lowest BCUT2D eigenvalue weighted by Gasteiger charge is -2.33. The summed E-state index contributed by atoms with van der Waals surface area (Å²) >= 11 is 0. The van der Waals surface area contributed by atoms with Crippen molar-refractivity contribution in [2.45, 2.75) is 18.8 Å². The molecule has 1 saturated heterocycles. The molecule has 0 aliphatic carbocycles. The molecule has 6 nitrogen and oxygen atoms in total. The van der Waals surface area contributed by atoms with Gasteiger partial charge in [-0.1, -0.05) is 0 Å². The van der Waals surface area contributed by atoms with Crippen molar-refractivity contribution in [1.82, 2.24) is 24.3 Å². The average Bonchev–Trinajstić information content (AvgIpc) is 3.04. The normalized spacial score (nSPS) is 19.0. The fourth-order valence-electron chi connectivity index (χ4n) is 3.04. The van der Waals surface area contributed by atoms with Gasteiger partial charge in [-0.2, -0.15) is 0 Å². The highest BCUT2D eigenvalue weighted by atomic mass is 15.3. The summed E-state index contributed by atoms with van der Waals surface area (Å²) < 4.78 is 2.08. The maximum atomic E-state index is 4.37. The van der Waals surface area contributed by atoms with Crippen molar-refractivity contribution < 1.29 is 0 Å². The summed E-state index contributed by atoms with van der Waals surface area (Å²) in [5.74, 6) is 2.03. The summed E-state index contributed by atoms with van der Waals surface area (Å²) in [5, 5.41) is 0. The lowest BCUT2D eigenvalue weighted by Crippen LogP contribution is -2.36. The van der Waals surface area contributed by atoms with Gasteiger partial charge in [0.2, 0.25) is 11.7 Å². The van der Waals surface area contributed by atoms with Gasteiger partial charge in [0.15, 0.2) is 0 Å². The van der Waals surface area contributed by atoms with Crippen molar-refractivity contribution in [1.29, 1.82) is 0 Å². The highest BCUT2D eigenvalue weighted by Crippen LogP contribution is 2.28. The molecule has 0 saturated carbocycles. The first kappa shape index (κ1) is 12.3. The zero-order valence-electron chi connectivity index (χ0n) is 11.6. The smallest absolute Gasteiger partial charge is 0.233 e. The van der Waals surface area contributed by atoms with Gasteiger partial charge in [0.25, 0.3) is 0 Å². The molecule has 1 atom stereocenters. The van der Waals surface area contributed by atoms with Crippen molar-refractivity contribution in [3.63, 3.8) is 0 Å². The largest absolute Gasteiger partial charge is 0.340 e. The number of nitrogens with zero attached hydrogens (tertiary/aromatic N) is 6. The minimum Gasteiger partial charge on any atom is -0.340 e. The Morgan fingerprint density at radius 1 is 1.00 bits per heavy atom. The van der Waals surface area contributed by atoms with Gasteiger partial charge in [-0.15, -0.1) is 0 Å². The third kappa shape index (κ3) is 2.22. The molecule has 3 aromatic rings. The van der Waals surface area contributed by atoms with E-state index >= 15 is 0 Å². The van der Waals surface area contributed by atoms with Gasteiger partial charge in [-0.3, -0.25) is 4.40 Å². The molecule has 0 amide bonds. The molecule has 1 fully saturated rings. The molecule has 4 rings (SSSR count). The van der Waals surface area contributed by atoms with Crippen molar-refractivity contribution >= 4 is 11.7 Å². The molecule has 21 heavy (non-hydrogen) atoms. The number of hydrogen-bond acceptors (Lipinski definition) is 5. The molecule has 0 unspecified atom stereocenters. The quantitative estimate of drug-likeness (QED) is 0.717. The molecular weight excluding hydrogens is 264 g/mol. The lowest BCUT2D eigenvalue weighted by molar-refractivity contribution is 0.491. The van der Waals surface area contributed by atoms with E-state index in [2.05, 4.69) is 35.3 Å². The lowest BCUT2D eigenvalue weighted by atomic mass is 9.94. The Bertz CT molecular complexity index is 738. The summed E-state index contributed by atoms with van der Waals surface area (Å²) in [6.07, 6.45) is 11.5. The van der Waals surface area contributed by atoms with Gasteiger partial charge < -0.3 is 4.90 Å². The first-order chi connectivity index (χ1) is 10.4. The van der Waals surface area contributed by atoms with E-state index in [1.807, 2.05) is 18.5 Å². The van der Waals surface area contributed by atoms with Crippen LogP contribution in [0.3, 0.4) is 0 Å². The number of hydrogen-bond donors (Lipinski definition) is 0. The molecule has 4 heterocycles. The fraction of sp³-hybridized carbons (Fsp3) is 0.333.